The number of carbonyl (C=O) groups excluding carboxylic acids is 1. The molecule has 0 aliphatic carbocycles. The van der Waals surface area contributed by atoms with Crippen molar-refractivity contribution < 1.29 is 13.6 Å². The van der Waals surface area contributed by atoms with Gasteiger partial charge >= 0.3 is 0 Å². The number of hydrogen-bond acceptors (Lipinski definition) is 4. The molecule has 1 atom stereocenters. The Hall–Kier alpha value is -2.87. The fourth-order valence-electron chi connectivity index (χ4n) is 3.61. The molecule has 1 fully saturated rings. The number of likely N-dealkylation sites (tertiary alicyclic amines) is 1. The Morgan fingerprint density at radius 1 is 1.32 bits per heavy atom. The average molecular weight is 385 g/mol. The molecule has 0 spiro atoms. The number of likely N-dealkylation sites (N-methyl/N-ethyl adjacent to an activating group) is 1. The second-order valence-corrected chi connectivity index (χ2v) is 7.01. The highest BCUT2D eigenvalue weighted by Gasteiger charge is 2.24. The van der Waals surface area contributed by atoms with Gasteiger partial charge in [0.1, 0.15) is 11.3 Å². The molecule has 1 N–H and O–H groups in total. The summed E-state index contributed by atoms with van der Waals surface area (Å²) in [5.41, 5.74) is 1.14. The monoisotopic (exact) mass is 385 g/mol. The van der Waals surface area contributed by atoms with Gasteiger partial charge in [-0.15, -0.1) is 0 Å². The zero-order valence-electron chi connectivity index (χ0n) is 15.5. The molecule has 6 nitrogen and oxygen atoms in total. The molecule has 1 aliphatic heterocycles. The summed E-state index contributed by atoms with van der Waals surface area (Å²) in [5.74, 6) is -0.353. The standard InChI is InChI=1S/C20H21F2N5O/c1-26-9-5-8-14(26)11-23-20(28)15-12-24-27-17(13-6-3-2-4-7-13)10-16(18(21)22)25-19(15)27/h2-4,6-7,10,12,14,18H,5,8-9,11H2,1H3,(H,23,28). The Labute approximate surface area is 161 Å². The van der Waals surface area contributed by atoms with E-state index in [4.69, 9.17) is 0 Å². The summed E-state index contributed by atoms with van der Waals surface area (Å²) in [6.07, 6.45) is 0.772. The summed E-state index contributed by atoms with van der Waals surface area (Å²) in [4.78, 5) is 18.9. The molecule has 1 aromatic carbocycles. The average Bonchev–Trinajstić information content (AvgIpc) is 3.32. The highest BCUT2D eigenvalue weighted by Crippen LogP contribution is 2.26. The van der Waals surface area contributed by atoms with E-state index >= 15 is 0 Å². The lowest BCUT2D eigenvalue weighted by atomic mass is 10.1. The number of amides is 1. The van der Waals surface area contributed by atoms with E-state index in [-0.39, 0.29) is 28.9 Å². The fourth-order valence-corrected chi connectivity index (χ4v) is 3.61. The van der Waals surface area contributed by atoms with E-state index in [1.807, 2.05) is 25.2 Å². The van der Waals surface area contributed by atoms with Crippen molar-refractivity contribution in [3.05, 3.63) is 53.9 Å². The molecule has 28 heavy (non-hydrogen) atoms. The number of nitrogens with zero attached hydrogens (tertiary/aromatic N) is 4. The largest absolute Gasteiger partial charge is 0.350 e. The van der Waals surface area contributed by atoms with E-state index in [0.29, 0.717) is 12.2 Å². The Bertz CT molecular complexity index is 989. The van der Waals surface area contributed by atoms with E-state index in [1.165, 1.54) is 16.8 Å². The molecule has 0 bridgehead atoms. The number of rotatable bonds is 5. The number of halogens is 2. The minimum Gasteiger partial charge on any atom is -0.350 e. The normalized spacial score (nSPS) is 17.5. The SMILES string of the molecule is CN1CCCC1CNC(=O)c1cnn2c(-c3ccccc3)cc(C(F)F)nc12. The summed E-state index contributed by atoms with van der Waals surface area (Å²) < 4.78 is 28.3. The topological polar surface area (TPSA) is 62.5 Å². The summed E-state index contributed by atoms with van der Waals surface area (Å²) >= 11 is 0. The van der Waals surface area contributed by atoms with Gasteiger partial charge in [0.05, 0.1) is 11.9 Å². The van der Waals surface area contributed by atoms with Crippen molar-refractivity contribution >= 4 is 11.6 Å². The van der Waals surface area contributed by atoms with Crippen LogP contribution in [-0.2, 0) is 0 Å². The van der Waals surface area contributed by atoms with Gasteiger partial charge < -0.3 is 10.2 Å². The van der Waals surface area contributed by atoms with Crippen LogP contribution in [0.2, 0.25) is 0 Å². The van der Waals surface area contributed by atoms with Crippen LogP contribution in [0.5, 0.6) is 0 Å². The summed E-state index contributed by atoms with van der Waals surface area (Å²) in [6, 6.07) is 10.7. The van der Waals surface area contributed by atoms with Crippen LogP contribution in [0.1, 0.15) is 35.3 Å². The second-order valence-electron chi connectivity index (χ2n) is 7.01. The molecule has 3 heterocycles. The molecule has 1 aliphatic rings. The maximum atomic E-state index is 13.4. The molecule has 2 aromatic heterocycles. The number of benzene rings is 1. The zero-order valence-corrected chi connectivity index (χ0v) is 15.5. The highest BCUT2D eigenvalue weighted by molar-refractivity contribution is 6.00. The summed E-state index contributed by atoms with van der Waals surface area (Å²) in [6.45, 7) is 1.52. The predicted molar refractivity (Wildman–Crippen MR) is 101 cm³/mol. The van der Waals surface area contributed by atoms with Crippen LogP contribution in [0, 0.1) is 0 Å². The van der Waals surface area contributed by atoms with Crippen molar-refractivity contribution in [1.82, 2.24) is 24.8 Å². The Morgan fingerprint density at radius 2 is 2.11 bits per heavy atom. The minimum absolute atomic E-state index is 0.133. The number of aromatic nitrogens is 3. The Morgan fingerprint density at radius 3 is 2.79 bits per heavy atom. The van der Waals surface area contributed by atoms with E-state index in [1.54, 1.807) is 12.1 Å². The van der Waals surface area contributed by atoms with E-state index < -0.39 is 6.43 Å². The van der Waals surface area contributed by atoms with Gasteiger partial charge in [-0.05, 0) is 32.5 Å². The van der Waals surface area contributed by atoms with Crippen LogP contribution < -0.4 is 5.32 Å². The molecule has 1 saturated heterocycles. The van der Waals surface area contributed by atoms with Gasteiger partial charge in [0.15, 0.2) is 5.65 Å². The van der Waals surface area contributed by atoms with Crippen LogP contribution in [0.15, 0.2) is 42.6 Å². The van der Waals surface area contributed by atoms with Gasteiger partial charge in [-0.25, -0.2) is 18.3 Å². The van der Waals surface area contributed by atoms with E-state index in [2.05, 4.69) is 20.3 Å². The molecule has 146 valence electrons. The highest BCUT2D eigenvalue weighted by atomic mass is 19.3. The zero-order chi connectivity index (χ0) is 19.7. The number of carbonyl (C=O) groups is 1. The quantitative estimate of drug-likeness (QED) is 0.733. The van der Waals surface area contributed by atoms with Crippen LogP contribution in [0.3, 0.4) is 0 Å². The smallest absolute Gasteiger partial charge is 0.280 e. The Kier molecular flexibility index (Phi) is 5.04. The Balaban J connectivity index is 1.70. The van der Waals surface area contributed by atoms with Gasteiger partial charge in [0.2, 0.25) is 0 Å². The van der Waals surface area contributed by atoms with Gasteiger partial charge in [0.25, 0.3) is 12.3 Å². The van der Waals surface area contributed by atoms with Gasteiger partial charge in [-0.3, -0.25) is 4.79 Å². The van der Waals surface area contributed by atoms with Crippen molar-refractivity contribution in [2.24, 2.45) is 0 Å². The lowest BCUT2D eigenvalue weighted by molar-refractivity contribution is 0.0944. The van der Waals surface area contributed by atoms with Crippen molar-refractivity contribution in [2.45, 2.75) is 25.3 Å². The van der Waals surface area contributed by atoms with Gasteiger partial charge in [0, 0.05) is 18.2 Å². The van der Waals surface area contributed by atoms with Crippen molar-refractivity contribution in [3.63, 3.8) is 0 Å². The molecule has 4 rings (SSSR count). The van der Waals surface area contributed by atoms with Crippen molar-refractivity contribution in [1.29, 1.82) is 0 Å². The minimum atomic E-state index is -2.74. The lowest BCUT2D eigenvalue weighted by Crippen LogP contribution is -2.38. The van der Waals surface area contributed by atoms with E-state index in [9.17, 15) is 13.6 Å². The first-order chi connectivity index (χ1) is 13.5. The summed E-state index contributed by atoms with van der Waals surface area (Å²) in [7, 11) is 2.03. The third kappa shape index (κ3) is 3.47. The first-order valence-corrected chi connectivity index (χ1v) is 9.25. The van der Waals surface area contributed by atoms with Crippen LogP contribution in [0.4, 0.5) is 8.78 Å². The molecule has 3 aromatic rings. The number of fused-ring (bicyclic) bond motifs is 1. The lowest BCUT2D eigenvalue weighted by Gasteiger charge is -2.19. The molecule has 1 amide bonds. The maximum Gasteiger partial charge on any atom is 0.280 e. The molecule has 0 radical (unpaired) electrons. The van der Waals surface area contributed by atoms with Crippen molar-refractivity contribution in [3.8, 4) is 11.3 Å². The molecule has 1 unspecified atom stereocenters. The fraction of sp³-hybridized carbons (Fsp3) is 0.350. The van der Waals surface area contributed by atoms with Crippen LogP contribution >= 0.6 is 0 Å². The van der Waals surface area contributed by atoms with Crippen LogP contribution in [-0.4, -0.2) is 51.6 Å². The first kappa shape index (κ1) is 18.5. The maximum absolute atomic E-state index is 13.4. The van der Waals surface area contributed by atoms with E-state index in [0.717, 1.165) is 24.9 Å². The second kappa shape index (κ2) is 7.63. The molecular weight excluding hydrogens is 364 g/mol. The molecular formula is C20H21F2N5O. The number of nitrogens with one attached hydrogen (secondary N) is 1. The molecule has 0 saturated carbocycles. The third-order valence-electron chi connectivity index (χ3n) is 5.20. The number of alkyl halides is 2. The van der Waals surface area contributed by atoms with Gasteiger partial charge in [-0.1, -0.05) is 30.3 Å². The molecule has 8 heteroatoms. The van der Waals surface area contributed by atoms with Gasteiger partial charge in [-0.2, -0.15) is 5.10 Å². The van der Waals surface area contributed by atoms with Crippen molar-refractivity contribution in [2.75, 3.05) is 20.1 Å². The summed E-state index contributed by atoms with van der Waals surface area (Å²) in [5, 5.41) is 7.15. The number of hydrogen-bond donors (Lipinski definition) is 1. The third-order valence-corrected chi connectivity index (χ3v) is 5.20. The predicted octanol–water partition coefficient (Wildman–Crippen LogP) is 3.16. The first-order valence-electron chi connectivity index (χ1n) is 9.25. The van der Waals surface area contributed by atoms with Crippen LogP contribution in [0.25, 0.3) is 16.9 Å².